The van der Waals surface area contributed by atoms with Crippen molar-refractivity contribution in [2.75, 3.05) is 6.61 Å². The van der Waals surface area contributed by atoms with Gasteiger partial charge in [0.25, 0.3) is 0 Å². The molecule has 0 aliphatic rings. The van der Waals surface area contributed by atoms with Gasteiger partial charge in [-0.1, -0.05) is 41.3 Å². The summed E-state index contributed by atoms with van der Waals surface area (Å²) in [7, 11) is 5.95. The molecular formula is C22H16BClN4O2. The van der Waals surface area contributed by atoms with E-state index in [-0.39, 0.29) is 6.61 Å². The highest BCUT2D eigenvalue weighted by atomic mass is 35.5. The molecule has 146 valence electrons. The predicted molar refractivity (Wildman–Crippen MR) is 119 cm³/mol. The SMILES string of the molecule is [B]c1ccc2nc3nc4ccccc4c(OCC(O)Cn4ccnc4)c3c(Cl)c2c1. The van der Waals surface area contributed by atoms with Crippen LogP contribution in [-0.2, 0) is 6.54 Å². The number of rotatable bonds is 5. The van der Waals surface area contributed by atoms with Gasteiger partial charge in [0, 0.05) is 23.2 Å². The number of ether oxygens (including phenoxy) is 1. The van der Waals surface area contributed by atoms with Crippen molar-refractivity contribution in [2.45, 2.75) is 12.6 Å². The summed E-state index contributed by atoms with van der Waals surface area (Å²) in [5.41, 5.74) is 2.52. The molecule has 3 heterocycles. The first-order valence-electron chi connectivity index (χ1n) is 9.44. The molecule has 2 radical (unpaired) electrons. The van der Waals surface area contributed by atoms with Crippen LogP contribution < -0.4 is 10.2 Å². The van der Waals surface area contributed by atoms with E-state index in [1.54, 1.807) is 35.4 Å². The van der Waals surface area contributed by atoms with Crippen molar-refractivity contribution in [3.05, 3.63) is 66.2 Å². The van der Waals surface area contributed by atoms with Crippen LogP contribution in [0.2, 0.25) is 5.02 Å². The molecule has 0 spiro atoms. The van der Waals surface area contributed by atoms with E-state index in [1.807, 2.05) is 30.3 Å². The highest BCUT2D eigenvalue weighted by molar-refractivity contribution is 6.42. The third-order valence-electron chi connectivity index (χ3n) is 4.93. The van der Waals surface area contributed by atoms with Gasteiger partial charge in [-0.3, -0.25) is 0 Å². The smallest absolute Gasteiger partial charge is 0.165 e. The molecule has 1 N–H and O–H groups in total. The third-order valence-corrected chi connectivity index (χ3v) is 5.32. The lowest BCUT2D eigenvalue weighted by atomic mass is 9.94. The molecular weight excluding hydrogens is 399 g/mol. The van der Waals surface area contributed by atoms with Gasteiger partial charge in [0.1, 0.15) is 26.3 Å². The normalized spacial score (nSPS) is 12.6. The third kappa shape index (κ3) is 3.36. The summed E-state index contributed by atoms with van der Waals surface area (Å²) in [6.07, 6.45) is 4.37. The first-order valence-corrected chi connectivity index (χ1v) is 9.82. The Balaban J connectivity index is 1.65. The molecule has 5 rings (SSSR count). The van der Waals surface area contributed by atoms with Crippen molar-refractivity contribution in [3.63, 3.8) is 0 Å². The van der Waals surface area contributed by atoms with Crippen LogP contribution in [-0.4, -0.2) is 45.2 Å². The van der Waals surface area contributed by atoms with Gasteiger partial charge in [-0.15, -0.1) is 0 Å². The van der Waals surface area contributed by atoms with Gasteiger partial charge in [-0.25, -0.2) is 15.0 Å². The van der Waals surface area contributed by atoms with Gasteiger partial charge in [0.05, 0.1) is 34.3 Å². The number of benzene rings is 2. The lowest BCUT2D eigenvalue weighted by Gasteiger charge is -2.17. The quantitative estimate of drug-likeness (QED) is 0.353. The number of imidazole rings is 1. The molecule has 8 heteroatoms. The van der Waals surface area contributed by atoms with Crippen LogP contribution in [0, 0.1) is 0 Å². The number of pyridine rings is 2. The molecule has 5 aromatic rings. The molecule has 3 aromatic heterocycles. The highest BCUT2D eigenvalue weighted by Crippen LogP contribution is 2.39. The molecule has 30 heavy (non-hydrogen) atoms. The fourth-order valence-corrected chi connectivity index (χ4v) is 3.87. The molecule has 2 aromatic carbocycles. The Kier molecular flexibility index (Phi) is 4.77. The Labute approximate surface area is 178 Å². The number of aliphatic hydroxyl groups is 1. The molecule has 0 amide bonds. The van der Waals surface area contributed by atoms with E-state index in [2.05, 4.69) is 15.0 Å². The summed E-state index contributed by atoms with van der Waals surface area (Å²) in [6, 6.07) is 13.0. The van der Waals surface area contributed by atoms with Crippen LogP contribution in [0.25, 0.3) is 32.8 Å². The van der Waals surface area contributed by atoms with Gasteiger partial charge in [-0.2, -0.15) is 0 Å². The van der Waals surface area contributed by atoms with Gasteiger partial charge < -0.3 is 14.4 Å². The van der Waals surface area contributed by atoms with E-state index in [0.717, 1.165) is 16.3 Å². The topological polar surface area (TPSA) is 73.1 Å². The zero-order valence-electron chi connectivity index (χ0n) is 15.9. The van der Waals surface area contributed by atoms with Crippen LogP contribution in [0.3, 0.4) is 0 Å². The van der Waals surface area contributed by atoms with E-state index in [0.29, 0.717) is 39.3 Å². The fourth-order valence-electron chi connectivity index (χ4n) is 3.54. The molecule has 0 saturated carbocycles. The van der Waals surface area contributed by atoms with E-state index < -0.39 is 6.10 Å². The van der Waals surface area contributed by atoms with Gasteiger partial charge >= 0.3 is 0 Å². The predicted octanol–water partition coefficient (Wildman–Crippen LogP) is 3.02. The fraction of sp³-hybridized carbons (Fsp3) is 0.136. The van der Waals surface area contributed by atoms with E-state index >= 15 is 0 Å². The number of halogens is 1. The first kappa shape index (κ1) is 18.8. The molecule has 0 fully saturated rings. The molecule has 0 aliphatic carbocycles. The average Bonchev–Trinajstić information content (AvgIpc) is 3.25. The lowest BCUT2D eigenvalue weighted by molar-refractivity contribution is 0.0939. The maximum atomic E-state index is 10.4. The number of hydrogen-bond donors (Lipinski definition) is 1. The van der Waals surface area contributed by atoms with E-state index in [9.17, 15) is 5.11 Å². The summed E-state index contributed by atoms with van der Waals surface area (Å²) in [5.74, 6) is 0.544. The summed E-state index contributed by atoms with van der Waals surface area (Å²) >= 11 is 6.79. The molecule has 0 saturated heterocycles. The molecule has 0 bridgehead atoms. The number of aliphatic hydroxyl groups excluding tert-OH is 1. The second-order valence-corrected chi connectivity index (χ2v) is 7.46. The van der Waals surface area contributed by atoms with Gasteiger partial charge in [-0.05, 0) is 18.2 Å². The van der Waals surface area contributed by atoms with Gasteiger partial charge in [0.2, 0.25) is 0 Å². The van der Waals surface area contributed by atoms with Crippen LogP contribution >= 0.6 is 11.6 Å². The Bertz CT molecular complexity index is 1370. The van der Waals surface area contributed by atoms with Crippen molar-refractivity contribution >= 4 is 57.7 Å². The van der Waals surface area contributed by atoms with Crippen molar-refractivity contribution in [2.24, 2.45) is 0 Å². The summed E-state index contributed by atoms with van der Waals surface area (Å²) in [5, 5.41) is 13.0. The maximum absolute atomic E-state index is 10.4. The maximum Gasteiger partial charge on any atom is 0.165 e. The molecule has 6 nitrogen and oxygen atoms in total. The Morgan fingerprint density at radius 1 is 1.10 bits per heavy atom. The Hall–Kier alpha value is -3.16. The minimum absolute atomic E-state index is 0.0760. The summed E-state index contributed by atoms with van der Waals surface area (Å²) < 4.78 is 7.92. The number of para-hydroxylation sites is 1. The first-order chi connectivity index (χ1) is 14.6. The minimum Gasteiger partial charge on any atom is -0.489 e. The zero-order chi connectivity index (χ0) is 20.7. The second-order valence-electron chi connectivity index (χ2n) is 7.08. The van der Waals surface area contributed by atoms with E-state index in [1.165, 1.54) is 0 Å². The summed E-state index contributed by atoms with van der Waals surface area (Å²) in [4.78, 5) is 13.3. The van der Waals surface area contributed by atoms with Crippen molar-refractivity contribution in [1.29, 1.82) is 0 Å². The number of nitrogens with zero attached hydrogens (tertiary/aromatic N) is 4. The van der Waals surface area contributed by atoms with Crippen molar-refractivity contribution < 1.29 is 9.84 Å². The van der Waals surface area contributed by atoms with Crippen LogP contribution in [0.5, 0.6) is 5.75 Å². The van der Waals surface area contributed by atoms with E-state index in [4.69, 9.17) is 24.2 Å². The largest absolute Gasteiger partial charge is 0.489 e. The molecule has 0 aliphatic heterocycles. The zero-order valence-corrected chi connectivity index (χ0v) is 16.6. The monoisotopic (exact) mass is 414 g/mol. The lowest BCUT2D eigenvalue weighted by Crippen LogP contribution is -2.23. The van der Waals surface area contributed by atoms with Gasteiger partial charge in [0.15, 0.2) is 5.65 Å². The molecule has 1 unspecified atom stereocenters. The van der Waals surface area contributed by atoms with Crippen LogP contribution in [0.4, 0.5) is 0 Å². The highest BCUT2D eigenvalue weighted by Gasteiger charge is 2.18. The number of aromatic nitrogens is 4. The Morgan fingerprint density at radius 3 is 2.70 bits per heavy atom. The minimum atomic E-state index is -0.732. The van der Waals surface area contributed by atoms with Crippen molar-refractivity contribution in [3.8, 4) is 5.75 Å². The Morgan fingerprint density at radius 2 is 1.90 bits per heavy atom. The summed E-state index contributed by atoms with van der Waals surface area (Å²) in [6.45, 7) is 0.443. The second kappa shape index (κ2) is 7.59. The molecule has 1 atom stereocenters. The number of hydrogen-bond acceptors (Lipinski definition) is 5. The van der Waals surface area contributed by atoms with Crippen LogP contribution in [0.15, 0.2) is 61.2 Å². The number of fused-ring (bicyclic) bond motifs is 3. The standard InChI is InChI=1S/C22H16BClN4O2/c23-13-5-6-18-16(9-13)20(24)19-21(30-11-14(29)10-28-8-7-25-12-28)15-3-1-2-4-17(15)26-22(19)27-18/h1-9,12,14,29H,10-11H2. The van der Waals surface area contributed by atoms with Crippen LogP contribution in [0.1, 0.15) is 0 Å². The van der Waals surface area contributed by atoms with Crippen molar-refractivity contribution in [1.82, 2.24) is 19.5 Å². The average molecular weight is 415 g/mol.